The Balaban J connectivity index is 5.15. The van der Waals surface area contributed by atoms with Crippen molar-refractivity contribution in [2.45, 2.75) is 53.4 Å². The van der Waals surface area contributed by atoms with E-state index in [9.17, 15) is 9.59 Å². The summed E-state index contributed by atoms with van der Waals surface area (Å²) in [5.41, 5.74) is -1.30. The third-order valence-corrected chi connectivity index (χ3v) is 4.61. The van der Waals surface area contributed by atoms with E-state index in [0.717, 1.165) is 0 Å². The van der Waals surface area contributed by atoms with Gasteiger partial charge in [-0.3, -0.25) is 9.59 Å². The fraction of sp³-hybridized carbons (Fsp3) is 0.833. The van der Waals surface area contributed by atoms with E-state index < -0.39 is 10.8 Å². The maximum Gasteiger partial charge on any atom is 0.227 e. The van der Waals surface area contributed by atoms with E-state index in [4.69, 9.17) is 23.2 Å². The van der Waals surface area contributed by atoms with Crippen LogP contribution < -0.4 is 0 Å². The lowest BCUT2D eigenvalue weighted by Crippen LogP contribution is -2.36. The molecule has 1 unspecified atom stereocenters. The van der Waals surface area contributed by atoms with Gasteiger partial charge in [0.05, 0.1) is 0 Å². The van der Waals surface area contributed by atoms with Crippen molar-refractivity contribution in [2.24, 2.45) is 10.8 Å². The molecule has 1 atom stereocenters. The Bertz CT molecular complexity index is 272. The Morgan fingerprint density at radius 3 is 1.56 bits per heavy atom. The fourth-order valence-corrected chi connectivity index (χ4v) is 2.46. The molecule has 94 valence electrons. The van der Waals surface area contributed by atoms with Gasteiger partial charge in [0.15, 0.2) is 0 Å². The van der Waals surface area contributed by atoms with Gasteiger partial charge >= 0.3 is 0 Å². The molecule has 0 aliphatic heterocycles. The lowest BCUT2D eigenvalue weighted by Gasteiger charge is -2.35. The molecule has 0 amide bonds. The standard InChI is InChI=1S/C12H20Cl2O2/c1-5-11(4,9(13)15)8-12(6-2,7-3)10(14)16/h5-8H2,1-4H3. The first-order chi connectivity index (χ1) is 7.28. The highest BCUT2D eigenvalue weighted by atomic mass is 35.5. The van der Waals surface area contributed by atoms with Gasteiger partial charge in [-0.2, -0.15) is 0 Å². The topological polar surface area (TPSA) is 34.1 Å². The first-order valence-corrected chi connectivity index (χ1v) is 6.43. The van der Waals surface area contributed by atoms with Crippen molar-refractivity contribution in [1.29, 1.82) is 0 Å². The largest absolute Gasteiger partial charge is 0.281 e. The molecule has 0 rings (SSSR count). The molecule has 0 fully saturated rings. The molecule has 0 aliphatic carbocycles. The monoisotopic (exact) mass is 266 g/mol. The second-order valence-corrected chi connectivity index (χ2v) is 5.31. The van der Waals surface area contributed by atoms with Crippen molar-refractivity contribution in [3.63, 3.8) is 0 Å². The van der Waals surface area contributed by atoms with Crippen molar-refractivity contribution < 1.29 is 9.59 Å². The van der Waals surface area contributed by atoms with E-state index in [2.05, 4.69) is 0 Å². The summed E-state index contributed by atoms with van der Waals surface area (Å²) in [6.45, 7) is 7.52. The van der Waals surface area contributed by atoms with Gasteiger partial charge in [-0.05, 0) is 48.9 Å². The summed E-state index contributed by atoms with van der Waals surface area (Å²) in [7, 11) is 0. The summed E-state index contributed by atoms with van der Waals surface area (Å²) < 4.78 is 0. The lowest BCUT2D eigenvalue weighted by atomic mass is 9.69. The van der Waals surface area contributed by atoms with Crippen LogP contribution in [0.3, 0.4) is 0 Å². The minimum absolute atomic E-state index is 0.366. The van der Waals surface area contributed by atoms with E-state index in [0.29, 0.717) is 25.7 Å². The number of rotatable bonds is 7. The zero-order valence-corrected chi connectivity index (χ0v) is 11.9. The maximum atomic E-state index is 11.6. The molecule has 0 radical (unpaired) electrons. The first-order valence-electron chi connectivity index (χ1n) is 5.68. The molecule has 0 spiro atoms. The van der Waals surface area contributed by atoms with Gasteiger partial charge in [-0.25, -0.2) is 0 Å². The Labute approximate surface area is 108 Å². The maximum absolute atomic E-state index is 11.6. The lowest BCUT2D eigenvalue weighted by molar-refractivity contribution is -0.127. The molecule has 0 aliphatic rings. The Hall–Kier alpha value is -0.0800. The minimum atomic E-state index is -0.669. The smallest absolute Gasteiger partial charge is 0.227 e. The highest BCUT2D eigenvalue weighted by Crippen LogP contribution is 2.44. The van der Waals surface area contributed by atoms with Crippen LogP contribution in [0.25, 0.3) is 0 Å². The van der Waals surface area contributed by atoms with Crippen LogP contribution in [0.5, 0.6) is 0 Å². The van der Waals surface area contributed by atoms with Crippen LogP contribution in [-0.4, -0.2) is 10.5 Å². The molecule has 0 heterocycles. The average molecular weight is 267 g/mol. The van der Waals surface area contributed by atoms with E-state index in [1.54, 1.807) is 6.92 Å². The summed E-state index contributed by atoms with van der Waals surface area (Å²) >= 11 is 11.3. The molecule has 16 heavy (non-hydrogen) atoms. The van der Waals surface area contributed by atoms with Gasteiger partial charge in [0, 0.05) is 10.8 Å². The highest BCUT2D eigenvalue weighted by Gasteiger charge is 2.43. The summed E-state index contributed by atoms with van der Waals surface area (Å²) in [5, 5.41) is -0.755. The van der Waals surface area contributed by atoms with Crippen molar-refractivity contribution in [3.8, 4) is 0 Å². The fourth-order valence-electron chi connectivity index (χ4n) is 1.93. The van der Waals surface area contributed by atoms with Crippen molar-refractivity contribution in [3.05, 3.63) is 0 Å². The quantitative estimate of drug-likeness (QED) is 0.650. The van der Waals surface area contributed by atoms with Crippen LogP contribution in [0.1, 0.15) is 53.4 Å². The van der Waals surface area contributed by atoms with Crippen LogP contribution in [0, 0.1) is 10.8 Å². The molecular weight excluding hydrogens is 247 g/mol. The van der Waals surface area contributed by atoms with Crippen molar-refractivity contribution >= 4 is 33.7 Å². The average Bonchev–Trinajstić information content (AvgIpc) is 2.25. The summed E-state index contributed by atoms with van der Waals surface area (Å²) in [6.07, 6.45) is 2.30. The molecular formula is C12H20Cl2O2. The molecule has 0 aromatic rings. The molecule has 0 saturated heterocycles. The SMILES string of the molecule is CCC(C)(CC(CC)(CC)C(=O)Cl)C(=O)Cl. The second kappa shape index (κ2) is 6.02. The van der Waals surface area contributed by atoms with Crippen LogP contribution in [0.2, 0.25) is 0 Å². The van der Waals surface area contributed by atoms with Gasteiger partial charge in [-0.15, -0.1) is 0 Å². The minimum Gasteiger partial charge on any atom is -0.281 e. The van der Waals surface area contributed by atoms with Crippen LogP contribution in [-0.2, 0) is 9.59 Å². The summed E-state index contributed by atoms with van der Waals surface area (Å²) in [6, 6.07) is 0. The Morgan fingerprint density at radius 2 is 1.38 bits per heavy atom. The third-order valence-electron chi connectivity index (χ3n) is 3.75. The van der Waals surface area contributed by atoms with E-state index in [-0.39, 0.29) is 10.5 Å². The van der Waals surface area contributed by atoms with E-state index >= 15 is 0 Å². The van der Waals surface area contributed by atoms with Crippen LogP contribution in [0.15, 0.2) is 0 Å². The normalized spacial score (nSPS) is 15.6. The van der Waals surface area contributed by atoms with Gasteiger partial charge in [-0.1, -0.05) is 27.7 Å². The summed E-state index contributed by atoms with van der Waals surface area (Å²) in [5.74, 6) is 0. The van der Waals surface area contributed by atoms with Gasteiger partial charge in [0.25, 0.3) is 0 Å². The van der Waals surface area contributed by atoms with Gasteiger partial charge in [0.2, 0.25) is 10.5 Å². The zero-order chi connectivity index (χ0) is 13.0. The molecule has 2 nitrogen and oxygen atoms in total. The Morgan fingerprint density at radius 1 is 0.938 bits per heavy atom. The third kappa shape index (κ3) is 3.21. The zero-order valence-electron chi connectivity index (χ0n) is 10.4. The van der Waals surface area contributed by atoms with E-state index in [1.807, 2.05) is 20.8 Å². The number of carbonyl (C=O) groups is 2. The van der Waals surface area contributed by atoms with Crippen molar-refractivity contribution in [2.75, 3.05) is 0 Å². The second-order valence-electron chi connectivity index (χ2n) is 4.63. The molecule has 0 bridgehead atoms. The number of carbonyl (C=O) groups excluding carboxylic acids is 2. The predicted octanol–water partition coefficient (Wildman–Crippen LogP) is 4.13. The highest BCUT2D eigenvalue weighted by molar-refractivity contribution is 6.65. The first kappa shape index (κ1) is 15.9. The van der Waals surface area contributed by atoms with Crippen LogP contribution >= 0.6 is 23.2 Å². The van der Waals surface area contributed by atoms with Gasteiger partial charge in [0.1, 0.15) is 0 Å². The van der Waals surface area contributed by atoms with Crippen molar-refractivity contribution in [1.82, 2.24) is 0 Å². The molecule has 4 heteroatoms. The molecule has 0 aromatic heterocycles. The summed E-state index contributed by atoms with van der Waals surface area (Å²) in [4.78, 5) is 23.0. The van der Waals surface area contributed by atoms with Gasteiger partial charge < -0.3 is 0 Å². The number of hydrogen-bond acceptors (Lipinski definition) is 2. The van der Waals surface area contributed by atoms with Crippen LogP contribution in [0.4, 0.5) is 0 Å². The molecule has 0 aromatic carbocycles. The number of hydrogen-bond donors (Lipinski definition) is 0. The molecule has 0 N–H and O–H groups in total. The Kier molecular flexibility index (Phi) is 5.99. The number of halogens is 2. The molecule has 0 saturated carbocycles. The predicted molar refractivity (Wildman–Crippen MR) is 67.8 cm³/mol. The van der Waals surface area contributed by atoms with E-state index in [1.165, 1.54) is 0 Å².